The van der Waals surface area contributed by atoms with E-state index in [0.717, 1.165) is 17.7 Å². The molecule has 0 saturated heterocycles. The summed E-state index contributed by atoms with van der Waals surface area (Å²) in [6.45, 7) is 0.741. The average molecular weight is 312 g/mol. The van der Waals surface area contributed by atoms with E-state index in [-0.39, 0.29) is 6.61 Å². The first-order valence-electron chi connectivity index (χ1n) is 7.59. The number of ether oxygens (including phenoxy) is 1. The first-order valence-corrected chi connectivity index (χ1v) is 7.59. The van der Waals surface area contributed by atoms with Crippen molar-refractivity contribution in [2.75, 3.05) is 13.2 Å². The van der Waals surface area contributed by atoms with Crippen LogP contribution >= 0.6 is 0 Å². The van der Waals surface area contributed by atoms with Crippen LogP contribution < -0.4 is 5.73 Å². The van der Waals surface area contributed by atoms with Crippen molar-refractivity contribution in [2.45, 2.75) is 19.1 Å². The first kappa shape index (κ1) is 15.6. The molecule has 1 aliphatic rings. The fourth-order valence-electron chi connectivity index (χ4n) is 2.51. The normalized spacial score (nSPS) is 15.0. The smallest absolute Gasteiger partial charge is 0.160 e. The largest absolute Gasteiger partial charge is 0.390 e. The Bertz CT molecular complexity index is 707. The van der Waals surface area contributed by atoms with E-state index in [1.165, 1.54) is 0 Å². The maximum absolute atomic E-state index is 9.57. The van der Waals surface area contributed by atoms with Crippen LogP contribution in [0.15, 0.2) is 42.5 Å². The van der Waals surface area contributed by atoms with Crippen molar-refractivity contribution in [3.05, 3.63) is 59.7 Å². The Morgan fingerprint density at radius 1 is 1.26 bits per heavy atom. The van der Waals surface area contributed by atoms with E-state index in [9.17, 15) is 5.11 Å². The Hall–Kier alpha value is -2.28. The molecule has 1 aromatic heterocycles. The van der Waals surface area contributed by atoms with Gasteiger partial charge in [-0.1, -0.05) is 42.5 Å². The number of nitrogens with zero attached hydrogens (tertiary/aromatic N) is 3. The number of aromatic nitrogens is 3. The molecule has 1 aliphatic heterocycles. The third-order valence-corrected chi connectivity index (χ3v) is 3.66. The van der Waals surface area contributed by atoms with Crippen LogP contribution in [-0.2, 0) is 11.3 Å². The highest BCUT2D eigenvalue weighted by molar-refractivity contribution is 5.57. The summed E-state index contributed by atoms with van der Waals surface area (Å²) in [5, 5.41) is 17.9. The minimum Gasteiger partial charge on any atom is -0.390 e. The molecule has 3 rings (SSSR count). The average Bonchev–Trinajstić information content (AvgIpc) is 2.89. The highest BCUT2D eigenvalue weighted by Gasteiger charge is 2.20. The fourth-order valence-corrected chi connectivity index (χ4v) is 2.51. The summed E-state index contributed by atoms with van der Waals surface area (Å²) in [6.07, 6.45) is 6.55. The van der Waals surface area contributed by atoms with Gasteiger partial charge < -0.3 is 15.6 Å². The molecule has 0 saturated carbocycles. The molecule has 0 amide bonds. The molecule has 1 unspecified atom stereocenters. The van der Waals surface area contributed by atoms with Gasteiger partial charge >= 0.3 is 0 Å². The molecule has 0 fully saturated rings. The van der Waals surface area contributed by atoms with Crippen LogP contribution in [0.4, 0.5) is 0 Å². The Morgan fingerprint density at radius 3 is 2.87 bits per heavy atom. The van der Waals surface area contributed by atoms with Gasteiger partial charge in [0.25, 0.3) is 0 Å². The molecule has 2 heterocycles. The number of allylic oxidation sites excluding steroid dienone is 2. The van der Waals surface area contributed by atoms with Crippen molar-refractivity contribution in [3.8, 4) is 0 Å². The zero-order valence-corrected chi connectivity index (χ0v) is 12.8. The minimum absolute atomic E-state index is 0.0860. The molecule has 0 spiro atoms. The summed E-state index contributed by atoms with van der Waals surface area (Å²) in [5.41, 5.74) is 8.05. The molecule has 6 heteroatoms. The van der Waals surface area contributed by atoms with E-state index in [2.05, 4.69) is 10.2 Å². The molecule has 1 atom stereocenters. The van der Waals surface area contributed by atoms with E-state index >= 15 is 0 Å². The first-order chi connectivity index (χ1) is 11.3. The quantitative estimate of drug-likeness (QED) is 0.848. The lowest BCUT2D eigenvalue weighted by Crippen LogP contribution is -2.22. The Balaban J connectivity index is 1.70. The minimum atomic E-state index is -0.415. The van der Waals surface area contributed by atoms with Crippen molar-refractivity contribution >= 4 is 11.8 Å². The second-order valence-corrected chi connectivity index (χ2v) is 5.35. The van der Waals surface area contributed by atoms with Gasteiger partial charge in [-0.15, -0.1) is 10.2 Å². The van der Waals surface area contributed by atoms with Crippen LogP contribution in [0.1, 0.15) is 29.7 Å². The molecule has 0 bridgehead atoms. The second kappa shape index (κ2) is 7.32. The summed E-state index contributed by atoms with van der Waals surface area (Å²) < 4.78 is 7.50. The lowest BCUT2D eigenvalue weighted by atomic mass is 10.2. The number of aliphatic hydroxyl groups excluding tert-OH is 1. The van der Waals surface area contributed by atoms with Crippen LogP contribution in [0.25, 0.3) is 11.8 Å². The molecule has 6 nitrogen and oxygen atoms in total. The maximum atomic E-state index is 9.57. The van der Waals surface area contributed by atoms with Crippen LogP contribution in [0.2, 0.25) is 0 Å². The Kier molecular flexibility index (Phi) is 4.97. The van der Waals surface area contributed by atoms with E-state index < -0.39 is 6.04 Å². The SMILES string of the molecule is NC(COCc1ccccc1)c1nnc2n1C(CO)=CCC=C2. The van der Waals surface area contributed by atoms with Crippen LogP contribution in [0.5, 0.6) is 0 Å². The third-order valence-electron chi connectivity index (χ3n) is 3.66. The van der Waals surface area contributed by atoms with Gasteiger partial charge in [-0.3, -0.25) is 4.57 Å². The fraction of sp³-hybridized carbons (Fsp3) is 0.294. The molecule has 1 aromatic carbocycles. The summed E-state index contributed by atoms with van der Waals surface area (Å²) >= 11 is 0. The van der Waals surface area contributed by atoms with Gasteiger partial charge in [0.05, 0.1) is 25.9 Å². The van der Waals surface area contributed by atoms with Gasteiger partial charge in [0.15, 0.2) is 11.6 Å². The van der Waals surface area contributed by atoms with Crippen molar-refractivity contribution in [1.29, 1.82) is 0 Å². The number of aliphatic hydroxyl groups is 1. The Labute approximate surface area is 134 Å². The molecular weight excluding hydrogens is 292 g/mol. The topological polar surface area (TPSA) is 86.2 Å². The van der Waals surface area contributed by atoms with E-state index in [1.807, 2.05) is 48.6 Å². The molecule has 3 N–H and O–H groups in total. The second-order valence-electron chi connectivity index (χ2n) is 5.35. The number of fused-ring (bicyclic) bond motifs is 1. The van der Waals surface area contributed by atoms with Crippen molar-refractivity contribution in [3.63, 3.8) is 0 Å². The van der Waals surface area contributed by atoms with E-state index in [0.29, 0.717) is 24.9 Å². The molecule has 23 heavy (non-hydrogen) atoms. The number of rotatable bonds is 6. The number of nitrogens with two attached hydrogens (primary N) is 1. The number of hydrogen-bond donors (Lipinski definition) is 2. The van der Waals surface area contributed by atoms with Gasteiger partial charge in [0, 0.05) is 5.70 Å². The summed E-state index contributed by atoms with van der Waals surface area (Å²) in [6, 6.07) is 9.51. The number of hydrogen-bond acceptors (Lipinski definition) is 5. The lowest BCUT2D eigenvalue weighted by molar-refractivity contribution is 0.106. The van der Waals surface area contributed by atoms with E-state index in [1.54, 1.807) is 4.57 Å². The predicted molar refractivity (Wildman–Crippen MR) is 88.1 cm³/mol. The predicted octanol–water partition coefficient (Wildman–Crippen LogP) is 1.74. The van der Waals surface area contributed by atoms with Crippen LogP contribution in [0, 0.1) is 0 Å². The molecule has 0 radical (unpaired) electrons. The third kappa shape index (κ3) is 3.56. The van der Waals surface area contributed by atoms with Gasteiger partial charge in [-0.2, -0.15) is 0 Å². The zero-order valence-electron chi connectivity index (χ0n) is 12.8. The highest BCUT2D eigenvalue weighted by Crippen LogP contribution is 2.20. The number of benzene rings is 1. The molecule has 120 valence electrons. The Morgan fingerprint density at radius 2 is 2.09 bits per heavy atom. The summed E-state index contributed by atoms with van der Waals surface area (Å²) in [4.78, 5) is 0. The van der Waals surface area contributed by atoms with Crippen LogP contribution in [0.3, 0.4) is 0 Å². The van der Waals surface area contributed by atoms with E-state index in [4.69, 9.17) is 10.5 Å². The zero-order chi connectivity index (χ0) is 16.1. The van der Waals surface area contributed by atoms with Crippen LogP contribution in [-0.4, -0.2) is 33.1 Å². The summed E-state index contributed by atoms with van der Waals surface area (Å²) in [5.74, 6) is 1.27. The monoisotopic (exact) mass is 312 g/mol. The van der Waals surface area contributed by atoms with Gasteiger partial charge in [-0.25, -0.2) is 0 Å². The lowest BCUT2D eigenvalue weighted by Gasteiger charge is -2.15. The van der Waals surface area contributed by atoms with Gasteiger partial charge in [-0.05, 0) is 18.1 Å². The molecular formula is C17H20N4O2. The van der Waals surface area contributed by atoms with Gasteiger partial charge in [0.1, 0.15) is 0 Å². The maximum Gasteiger partial charge on any atom is 0.160 e. The standard InChI is InChI=1S/C17H20N4O2/c18-15(12-23-11-13-6-2-1-3-7-13)17-20-19-16-9-5-4-8-14(10-22)21(16)17/h1-3,5-9,15,22H,4,10-12,18H2. The highest BCUT2D eigenvalue weighted by atomic mass is 16.5. The van der Waals surface area contributed by atoms with Crippen molar-refractivity contribution in [1.82, 2.24) is 14.8 Å². The summed E-state index contributed by atoms with van der Waals surface area (Å²) in [7, 11) is 0. The van der Waals surface area contributed by atoms with Gasteiger partial charge in [0.2, 0.25) is 0 Å². The molecule has 0 aliphatic carbocycles. The van der Waals surface area contributed by atoms with Crippen molar-refractivity contribution in [2.24, 2.45) is 5.73 Å². The van der Waals surface area contributed by atoms with Crippen molar-refractivity contribution < 1.29 is 9.84 Å². The molecule has 2 aromatic rings.